The second kappa shape index (κ2) is 12.8. The zero-order chi connectivity index (χ0) is 27.9. The number of carbonyl (C=O) groups excluding carboxylic acids is 4. The number of hydrogen-bond acceptors (Lipinski definition) is 8. The van der Waals surface area contributed by atoms with Gasteiger partial charge in [-0.2, -0.15) is 5.10 Å². The van der Waals surface area contributed by atoms with Crippen LogP contribution in [0.1, 0.15) is 57.0 Å². The number of fused-ring (bicyclic) bond motifs is 1. The van der Waals surface area contributed by atoms with Crippen molar-refractivity contribution in [2.75, 3.05) is 11.9 Å². The number of ether oxygens (including phenoxy) is 2. The topological polar surface area (TPSA) is 123 Å². The van der Waals surface area contributed by atoms with Gasteiger partial charge in [-0.1, -0.05) is 22.9 Å². The molecule has 0 fully saturated rings. The van der Waals surface area contributed by atoms with Gasteiger partial charge in [0.2, 0.25) is 0 Å². The summed E-state index contributed by atoms with van der Waals surface area (Å²) in [5.41, 5.74) is 4.41. The minimum atomic E-state index is -0.985. The molecule has 0 bridgehead atoms. The number of amides is 2. The van der Waals surface area contributed by atoms with Crippen molar-refractivity contribution in [2.24, 2.45) is 11.0 Å². The highest BCUT2D eigenvalue weighted by molar-refractivity contribution is 9.10. The average molecular weight is 613 g/mol. The number of hydrazone groups is 1. The van der Waals surface area contributed by atoms with Gasteiger partial charge >= 0.3 is 23.8 Å². The smallest absolute Gasteiger partial charge is 0.343 e. The van der Waals surface area contributed by atoms with Crippen LogP contribution in [0.3, 0.4) is 0 Å². The van der Waals surface area contributed by atoms with Crippen LogP contribution in [0.15, 0.2) is 58.1 Å². The highest BCUT2D eigenvalue weighted by Crippen LogP contribution is 2.40. The molecule has 0 radical (unpaired) electrons. The fraction of sp³-hybridized carbons (Fsp3) is 0.250. The van der Waals surface area contributed by atoms with Crippen LogP contribution < -0.4 is 15.5 Å². The van der Waals surface area contributed by atoms with E-state index in [9.17, 15) is 19.2 Å². The first-order valence-electron chi connectivity index (χ1n) is 12.3. The number of carbonyl (C=O) groups is 4. The Bertz CT molecular complexity index is 1420. The predicted molar refractivity (Wildman–Crippen MR) is 151 cm³/mol. The summed E-state index contributed by atoms with van der Waals surface area (Å²) in [5, 5.41) is 6.69. The molecule has 1 atom stereocenters. The van der Waals surface area contributed by atoms with Crippen molar-refractivity contribution in [1.29, 1.82) is 0 Å². The lowest BCUT2D eigenvalue weighted by Crippen LogP contribution is -2.32. The summed E-state index contributed by atoms with van der Waals surface area (Å²) >= 11 is 4.62. The van der Waals surface area contributed by atoms with E-state index < -0.39 is 23.8 Å². The van der Waals surface area contributed by atoms with Gasteiger partial charge in [0.1, 0.15) is 10.8 Å². The molecule has 2 N–H and O–H groups in total. The molecular weight excluding hydrogens is 586 g/mol. The average Bonchev–Trinajstić information content (AvgIpc) is 3.26. The Kier molecular flexibility index (Phi) is 9.26. The highest BCUT2D eigenvalue weighted by Gasteiger charge is 2.30. The van der Waals surface area contributed by atoms with Crippen LogP contribution >= 0.6 is 27.3 Å². The van der Waals surface area contributed by atoms with Crippen molar-refractivity contribution in [2.45, 2.75) is 33.1 Å². The van der Waals surface area contributed by atoms with E-state index in [4.69, 9.17) is 9.47 Å². The lowest BCUT2D eigenvalue weighted by Gasteiger charge is -2.18. The molecule has 0 saturated heterocycles. The summed E-state index contributed by atoms with van der Waals surface area (Å²) in [4.78, 5) is 50.8. The van der Waals surface area contributed by atoms with Gasteiger partial charge < -0.3 is 14.8 Å². The zero-order valence-electron chi connectivity index (χ0n) is 21.3. The normalized spacial score (nSPS) is 14.4. The number of halogens is 1. The minimum Gasteiger partial charge on any atom is -0.462 e. The summed E-state index contributed by atoms with van der Waals surface area (Å²) in [6.07, 6.45) is 3.81. The van der Waals surface area contributed by atoms with Crippen molar-refractivity contribution in [3.8, 4) is 5.75 Å². The molecule has 1 aromatic heterocycles. The Morgan fingerprint density at radius 3 is 2.46 bits per heavy atom. The van der Waals surface area contributed by atoms with E-state index in [2.05, 4.69) is 38.7 Å². The van der Waals surface area contributed by atoms with E-state index in [1.807, 2.05) is 0 Å². The Balaban J connectivity index is 1.34. The van der Waals surface area contributed by atoms with E-state index in [0.29, 0.717) is 33.4 Å². The molecular formula is C28H26BrN3O6S. The molecule has 0 aliphatic heterocycles. The fourth-order valence-corrected chi connectivity index (χ4v) is 5.67. The first-order valence-corrected chi connectivity index (χ1v) is 13.9. The lowest BCUT2D eigenvalue weighted by atomic mass is 9.88. The molecule has 39 heavy (non-hydrogen) atoms. The third-order valence-electron chi connectivity index (χ3n) is 5.97. The van der Waals surface area contributed by atoms with Crippen molar-refractivity contribution in [3.63, 3.8) is 0 Å². The molecule has 0 saturated carbocycles. The number of benzene rings is 2. The van der Waals surface area contributed by atoms with E-state index >= 15 is 0 Å². The molecule has 2 amide bonds. The fourth-order valence-electron chi connectivity index (χ4n) is 4.01. The summed E-state index contributed by atoms with van der Waals surface area (Å²) in [6, 6.07) is 13.3. The monoisotopic (exact) mass is 611 g/mol. The summed E-state index contributed by atoms with van der Waals surface area (Å²) in [7, 11) is 0. The molecule has 9 nitrogen and oxygen atoms in total. The van der Waals surface area contributed by atoms with Gasteiger partial charge in [-0.3, -0.25) is 9.59 Å². The van der Waals surface area contributed by atoms with E-state index in [1.165, 1.54) is 17.6 Å². The zero-order valence-corrected chi connectivity index (χ0v) is 23.7. The van der Waals surface area contributed by atoms with Gasteiger partial charge in [-0.25, -0.2) is 15.0 Å². The second-order valence-electron chi connectivity index (χ2n) is 8.90. The maximum Gasteiger partial charge on any atom is 0.343 e. The first-order chi connectivity index (χ1) is 18.7. The number of thiophene rings is 1. The van der Waals surface area contributed by atoms with Crippen molar-refractivity contribution < 1.29 is 28.7 Å². The Morgan fingerprint density at radius 2 is 1.77 bits per heavy atom. The number of rotatable bonds is 7. The summed E-state index contributed by atoms with van der Waals surface area (Å²) in [5.74, 6) is -2.12. The van der Waals surface area contributed by atoms with Gasteiger partial charge in [-0.15, -0.1) is 11.3 Å². The molecule has 202 valence electrons. The number of anilines is 1. The first kappa shape index (κ1) is 28.2. The third-order valence-corrected chi connectivity index (χ3v) is 7.67. The number of hydrogen-bond donors (Lipinski definition) is 2. The second-order valence-corrected chi connectivity index (χ2v) is 10.9. The third kappa shape index (κ3) is 7.18. The van der Waals surface area contributed by atoms with E-state index in [-0.39, 0.29) is 6.61 Å². The Labute approximate surface area is 237 Å². The molecule has 0 spiro atoms. The molecule has 1 aliphatic rings. The SMILES string of the molecule is CCOC(=O)c1c(NC(=O)C(=O)N/N=C\c2ccc(OC(=O)c3ccc(Br)cc3)cc2)sc2c1CC[C@@H](C)C2. The maximum absolute atomic E-state index is 12.6. The molecule has 2 aromatic carbocycles. The highest BCUT2D eigenvalue weighted by atomic mass is 79.9. The van der Waals surface area contributed by atoms with Gasteiger partial charge in [0, 0.05) is 9.35 Å². The molecule has 11 heteroatoms. The standard InChI is InChI=1S/C28H26BrN3O6S/c1-3-37-28(36)23-21-13-4-16(2)14-22(21)39-26(23)31-24(33)25(34)32-30-15-17-5-11-20(12-6-17)38-27(35)18-7-9-19(29)10-8-18/h5-12,15-16H,3-4,13-14H2,1-2H3,(H,31,33)(H,32,34)/b30-15-/t16-/m1/s1. The predicted octanol–water partition coefficient (Wildman–Crippen LogP) is 5.12. The molecule has 0 unspecified atom stereocenters. The molecule has 1 heterocycles. The van der Waals surface area contributed by atoms with Gasteiger partial charge in [0.25, 0.3) is 0 Å². The summed E-state index contributed by atoms with van der Waals surface area (Å²) < 4.78 is 11.4. The quantitative estimate of drug-likeness (QED) is 0.126. The van der Waals surface area contributed by atoms with Gasteiger partial charge in [0.05, 0.1) is 23.9 Å². The van der Waals surface area contributed by atoms with Crippen LogP contribution in [-0.2, 0) is 27.2 Å². The number of nitrogens with one attached hydrogen (secondary N) is 2. The maximum atomic E-state index is 12.6. The number of esters is 2. The summed E-state index contributed by atoms with van der Waals surface area (Å²) in [6.45, 7) is 4.06. The lowest BCUT2D eigenvalue weighted by molar-refractivity contribution is -0.136. The van der Waals surface area contributed by atoms with Crippen LogP contribution in [0, 0.1) is 5.92 Å². The Hall–Kier alpha value is -3.83. The van der Waals surface area contributed by atoms with E-state index in [0.717, 1.165) is 34.2 Å². The van der Waals surface area contributed by atoms with Crippen molar-refractivity contribution in [3.05, 3.63) is 80.1 Å². The van der Waals surface area contributed by atoms with Crippen LogP contribution in [-0.4, -0.2) is 36.6 Å². The largest absolute Gasteiger partial charge is 0.462 e. The molecule has 1 aliphatic carbocycles. The van der Waals surface area contributed by atoms with E-state index in [1.54, 1.807) is 55.5 Å². The van der Waals surface area contributed by atoms with Crippen LogP contribution in [0.2, 0.25) is 0 Å². The van der Waals surface area contributed by atoms with Crippen LogP contribution in [0.4, 0.5) is 5.00 Å². The van der Waals surface area contributed by atoms with Gasteiger partial charge in [0.15, 0.2) is 0 Å². The van der Waals surface area contributed by atoms with Gasteiger partial charge in [-0.05, 0) is 91.8 Å². The molecule has 4 rings (SSSR count). The van der Waals surface area contributed by atoms with Crippen LogP contribution in [0.5, 0.6) is 5.75 Å². The Morgan fingerprint density at radius 1 is 1.05 bits per heavy atom. The number of nitrogens with zero attached hydrogens (tertiary/aromatic N) is 1. The van der Waals surface area contributed by atoms with Crippen LogP contribution in [0.25, 0.3) is 0 Å². The minimum absolute atomic E-state index is 0.205. The van der Waals surface area contributed by atoms with Crippen molar-refractivity contribution in [1.82, 2.24) is 5.43 Å². The van der Waals surface area contributed by atoms with Crippen molar-refractivity contribution >= 4 is 62.2 Å². The molecule has 3 aromatic rings.